The smallest absolute Gasteiger partial charge is 0.249 e. The van der Waals surface area contributed by atoms with Gasteiger partial charge in [-0.3, -0.25) is 9.59 Å². The van der Waals surface area contributed by atoms with E-state index in [1.165, 1.54) is 0 Å². The summed E-state index contributed by atoms with van der Waals surface area (Å²) < 4.78 is 5.46. The third-order valence-electron chi connectivity index (χ3n) is 2.91. The molecule has 0 spiro atoms. The van der Waals surface area contributed by atoms with Crippen molar-refractivity contribution in [2.24, 2.45) is 11.7 Å². The van der Waals surface area contributed by atoms with Crippen LogP contribution in [-0.2, 0) is 14.3 Å². The Bertz CT molecular complexity index is 294. The summed E-state index contributed by atoms with van der Waals surface area (Å²) in [5, 5.41) is 5.48. The maximum Gasteiger partial charge on any atom is 0.249 e. The van der Waals surface area contributed by atoms with Crippen LogP contribution in [0.15, 0.2) is 0 Å². The number of hydrogen-bond donors (Lipinski definition) is 3. The molecule has 1 saturated heterocycles. The molecule has 0 unspecified atom stereocenters. The first-order chi connectivity index (χ1) is 8.54. The summed E-state index contributed by atoms with van der Waals surface area (Å²) in [5.74, 6) is -0.168. The van der Waals surface area contributed by atoms with Crippen LogP contribution in [0.3, 0.4) is 0 Å². The molecule has 0 bridgehead atoms. The number of carbonyl (C=O) groups is 2. The molecule has 2 atom stereocenters. The largest absolute Gasteiger partial charge is 0.364 e. The van der Waals surface area contributed by atoms with E-state index in [2.05, 4.69) is 10.6 Å². The average molecular weight is 257 g/mol. The normalized spacial score (nSPS) is 23.1. The molecule has 0 aromatic carbocycles. The Hall–Kier alpha value is -1.14. The van der Waals surface area contributed by atoms with Gasteiger partial charge in [-0.2, -0.15) is 0 Å². The molecule has 1 fully saturated rings. The maximum absolute atomic E-state index is 11.7. The lowest BCUT2D eigenvalue weighted by atomic mass is 10.2. The van der Waals surface area contributed by atoms with Crippen LogP contribution in [-0.4, -0.2) is 43.7 Å². The highest BCUT2D eigenvalue weighted by atomic mass is 16.5. The third-order valence-corrected chi connectivity index (χ3v) is 2.91. The lowest BCUT2D eigenvalue weighted by Crippen LogP contribution is -2.40. The average Bonchev–Trinajstić information content (AvgIpc) is 2.82. The molecule has 104 valence electrons. The van der Waals surface area contributed by atoms with Gasteiger partial charge in [-0.1, -0.05) is 13.8 Å². The molecule has 18 heavy (non-hydrogen) atoms. The maximum atomic E-state index is 11.7. The van der Waals surface area contributed by atoms with Crippen molar-refractivity contribution in [3.05, 3.63) is 0 Å². The molecular formula is C12H23N3O3. The molecule has 1 aliphatic rings. The van der Waals surface area contributed by atoms with E-state index in [0.29, 0.717) is 26.1 Å². The van der Waals surface area contributed by atoms with E-state index < -0.39 is 0 Å². The predicted octanol–water partition coefficient (Wildman–Crippen LogP) is -0.619. The second-order valence-corrected chi connectivity index (χ2v) is 4.80. The SMILES string of the molecule is CC(C)C(=O)NCCNC(=O)[C@@H]1CC[C@H](CN)O1. The fraction of sp³-hybridized carbons (Fsp3) is 0.833. The first kappa shape index (κ1) is 14.9. The number of carbonyl (C=O) groups excluding carboxylic acids is 2. The fourth-order valence-corrected chi connectivity index (χ4v) is 1.76. The van der Waals surface area contributed by atoms with Crippen molar-refractivity contribution in [1.82, 2.24) is 10.6 Å². The fourth-order valence-electron chi connectivity index (χ4n) is 1.76. The summed E-state index contributed by atoms with van der Waals surface area (Å²) in [5.41, 5.74) is 5.48. The Labute approximate surface area is 108 Å². The number of nitrogens with one attached hydrogen (secondary N) is 2. The zero-order valence-electron chi connectivity index (χ0n) is 11.1. The predicted molar refractivity (Wildman–Crippen MR) is 67.8 cm³/mol. The highest BCUT2D eigenvalue weighted by Gasteiger charge is 2.29. The van der Waals surface area contributed by atoms with Crippen LogP contribution >= 0.6 is 0 Å². The summed E-state index contributed by atoms with van der Waals surface area (Å²) in [6.45, 7) is 4.97. The van der Waals surface area contributed by atoms with Gasteiger partial charge in [-0.05, 0) is 12.8 Å². The quantitative estimate of drug-likeness (QED) is 0.553. The summed E-state index contributed by atoms with van der Waals surface area (Å²) in [7, 11) is 0. The number of amides is 2. The van der Waals surface area contributed by atoms with Gasteiger partial charge in [0.05, 0.1) is 6.10 Å². The minimum Gasteiger partial charge on any atom is -0.364 e. The van der Waals surface area contributed by atoms with Crippen molar-refractivity contribution >= 4 is 11.8 Å². The molecule has 6 heteroatoms. The van der Waals surface area contributed by atoms with E-state index in [-0.39, 0.29) is 29.9 Å². The van der Waals surface area contributed by atoms with Crippen molar-refractivity contribution in [2.75, 3.05) is 19.6 Å². The van der Waals surface area contributed by atoms with E-state index in [1.807, 2.05) is 13.8 Å². The van der Waals surface area contributed by atoms with Crippen LogP contribution in [0.5, 0.6) is 0 Å². The van der Waals surface area contributed by atoms with Gasteiger partial charge in [0.2, 0.25) is 11.8 Å². The molecule has 0 aromatic heterocycles. The summed E-state index contributed by atoms with van der Waals surface area (Å²) >= 11 is 0. The molecule has 0 aromatic rings. The Kier molecular flexibility index (Phi) is 6.07. The number of rotatable bonds is 6. The molecule has 6 nitrogen and oxygen atoms in total. The first-order valence-corrected chi connectivity index (χ1v) is 6.45. The molecule has 1 rings (SSSR count). The van der Waals surface area contributed by atoms with Gasteiger partial charge in [0.25, 0.3) is 0 Å². The van der Waals surface area contributed by atoms with Crippen molar-refractivity contribution in [3.8, 4) is 0 Å². The third kappa shape index (κ3) is 4.62. The molecular weight excluding hydrogens is 234 g/mol. The van der Waals surface area contributed by atoms with Crippen LogP contribution in [0.4, 0.5) is 0 Å². The van der Waals surface area contributed by atoms with Crippen molar-refractivity contribution in [2.45, 2.75) is 38.9 Å². The second-order valence-electron chi connectivity index (χ2n) is 4.80. The minimum absolute atomic E-state index is 0.00129. The van der Waals surface area contributed by atoms with Crippen LogP contribution in [0.1, 0.15) is 26.7 Å². The molecule has 0 aliphatic carbocycles. The van der Waals surface area contributed by atoms with Crippen molar-refractivity contribution in [1.29, 1.82) is 0 Å². The van der Waals surface area contributed by atoms with Crippen LogP contribution in [0.2, 0.25) is 0 Å². The van der Waals surface area contributed by atoms with Gasteiger partial charge in [0.15, 0.2) is 0 Å². The first-order valence-electron chi connectivity index (χ1n) is 6.45. The van der Waals surface area contributed by atoms with Gasteiger partial charge >= 0.3 is 0 Å². The van der Waals surface area contributed by atoms with E-state index >= 15 is 0 Å². The molecule has 1 aliphatic heterocycles. The van der Waals surface area contributed by atoms with Gasteiger partial charge in [-0.25, -0.2) is 0 Å². The van der Waals surface area contributed by atoms with Crippen LogP contribution in [0, 0.1) is 5.92 Å². The molecule has 4 N–H and O–H groups in total. The minimum atomic E-state index is -0.389. The van der Waals surface area contributed by atoms with Crippen LogP contribution < -0.4 is 16.4 Å². The number of hydrogen-bond acceptors (Lipinski definition) is 4. The highest BCUT2D eigenvalue weighted by molar-refractivity contribution is 5.81. The Morgan fingerprint density at radius 3 is 2.50 bits per heavy atom. The number of nitrogens with two attached hydrogens (primary N) is 1. The summed E-state index contributed by atoms with van der Waals surface area (Å²) in [6.07, 6.45) is 1.16. The van der Waals surface area contributed by atoms with Gasteiger partial charge in [0.1, 0.15) is 6.10 Å². The van der Waals surface area contributed by atoms with Gasteiger partial charge in [-0.15, -0.1) is 0 Å². The van der Waals surface area contributed by atoms with Gasteiger partial charge < -0.3 is 21.1 Å². The Balaban J connectivity index is 2.13. The Morgan fingerprint density at radius 2 is 1.94 bits per heavy atom. The van der Waals surface area contributed by atoms with Crippen molar-refractivity contribution < 1.29 is 14.3 Å². The lowest BCUT2D eigenvalue weighted by Gasteiger charge is -2.13. The summed E-state index contributed by atoms with van der Waals surface area (Å²) in [4.78, 5) is 23.0. The van der Waals surface area contributed by atoms with Gasteiger partial charge in [0, 0.05) is 25.6 Å². The second kappa shape index (κ2) is 7.33. The zero-order valence-corrected chi connectivity index (χ0v) is 11.1. The Morgan fingerprint density at radius 1 is 1.28 bits per heavy atom. The van der Waals surface area contributed by atoms with Crippen LogP contribution in [0.25, 0.3) is 0 Å². The topological polar surface area (TPSA) is 93.5 Å². The van der Waals surface area contributed by atoms with E-state index in [4.69, 9.17) is 10.5 Å². The number of ether oxygens (including phenoxy) is 1. The summed E-state index contributed by atoms with van der Waals surface area (Å²) in [6, 6.07) is 0. The van der Waals surface area contributed by atoms with E-state index in [1.54, 1.807) is 0 Å². The molecule has 0 radical (unpaired) electrons. The lowest BCUT2D eigenvalue weighted by molar-refractivity contribution is -0.132. The molecule has 2 amide bonds. The van der Waals surface area contributed by atoms with E-state index in [0.717, 1.165) is 6.42 Å². The standard InChI is InChI=1S/C12H23N3O3/c1-8(2)11(16)14-5-6-15-12(17)10-4-3-9(7-13)18-10/h8-10H,3-7,13H2,1-2H3,(H,14,16)(H,15,17)/t9-,10+/m1/s1. The molecule has 0 saturated carbocycles. The zero-order chi connectivity index (χ0) is 13.5. The monoisotopic (exact) mass is 257 g/mol. The van der Waals surface area contributed by atoms with Crippen molar-refractivity contribution in [3.63, 3.8) is 0 Å². The molecule has 1 heterocycles. The van der Waals surface area contributed by atoms with E-state index in [9.17, 15) is 9.59 Å². The highest BCUT2D eigenvalue weighted by Crippen LogP contribution is 2.18.